The van der Waals surface area contributed by atoms with E-state index < -0.39 is 0 Å². The topological polar surface area (TPSA) is 50.8 Å². The maximum Gasteiger partial charge on any atom is 0.248 e. The van der Waals surface area contributed by atoms with E-state index in [-0.39, 0.29) is 18.1 Å². The second-order valence-corrected chi connectivity index (χ2v) is 6.35. The monoisotopic (exact) mass is 268 g/mol. The molecule has 0 spiro atoms. The first-order chi connectivity index (χ1) is 9.16. The van der Waals surface area contributed by atoms with E-state index in [9.17, 15) is 4.79 Å². The Balaban J connectivity index is 1.49. The van der Waals surface area contributed by atoms with Crippen LogP contribution in [0.2, 0.25) is 0 Å². The Kier molecular flexibility index (Phi) is 3.78. The van der Waals surface area contributed by atoms with Gasteiger partial charge >= 0.3 is 0 Å². The molecule has 1 aliphatic carbocycles. The summed E-state index contributed by atoms with van der Waals surface area (Å²) in [5.41, 5.74) is -0.138. The minimum Gasteiger partial charge on any atom is -0.381 e. The normalized spacial score (nSPS) is 29.0. The van der Waals surface area contributed by atoms with E-state index in [4.69, 9.17) is 9.47 Å². The SMILES string of the molecule is CC1(OCC(=O)N(CC2CCOC2)C2CC2)CNC1. The molecule has 0 aromatic heterocycles. The molecule has 1 unspecified atom stereocenters. The standard InChI is InChI=1S/C14H24N2O3/c1-14(9-15-10-14)19-8-13(17)16(12-2-3-12)6-11-4-5-18-7-11/h11-12,15H,2-10H2,1H3. The van der Waals surface area contributed by atoms with Gasteiger partial charge in [-0.1, -0.05) is 0 Å². The van der Waals surface area contributed by atoms with Gasteiger partial charge in [-0.05, 0) is 26.2 Å². The van der Waals surface area contributed by atoms with E-state index in [0.717, 1.165) is 52.1 Å². The Hall–Kier alpha value is -0.650. The van der Waals surface area contributed by atoms with Crippen LogP contribution in [-0.2, 0) is 14.3 Å². The van der Waals surface area contributed by atoms with Crippen molar-refractivity contribution in [3.8, 4) is 0 Å². The van der Waals surface area contributed by atoms with Crippen LogP contribution in [0.1, 0.15) is 26.2 Å². The van der Waals surface area contributed by atoms with Gasteiger partial charge in [-0.25, -0.2) is 0 Å². The quantitative estimate of drug-likeness (QED) is 0.757. The molecule has 2 heterocycles. The van der Waals surface area contributed by atoms with Gasteiger partial charge in [-0.15, -0.1) is 0 Å². The molecule has 2 aliphatic heterocycles. The van der Waals surface area contributed by atoms with Crippen molar-refractivity contribution in [1.29, 1.82) is 0 Å². The van der Waals surface area contributed by atoms with Gasteiger partial charge in [0.2, 0.25) is 5.91 Å². The summed E-state index contributed by atoms with van der Waals surface area (Å²) in [6.45, 7) is 6.48. The van der Waals surface area contributed by atoms with Crippen LogP contribution in [0, 0.1) is 5.92 Å². The van der Waals surface area contributed by atoms with Gasteiger partial charge in [0, 0.05) is 38.2 Å². The molecule has 1 N–H and O–H groups in total. The van der Waals surface area contributed by atoms with Crippen molar-refractivity contribution in [2.45, 2.75) is 37.8 Å². The number of amides is 1. The highest BCUT2D eigenvalue weighted by Crippen LogP contribution is 2.29. The summed E-state index contributed by atoms with van der Waals surface area (Å²) >= 11 is 0. The highest BCUT2D eigenvalue weighted by molar-refractivity contribution is 5.78. The van der Waals surface area contributed by atoms with Crippen LogP contribution in [0.5, 0.6) is 0 Å². The minimum absolute atomic E-state index is 0.138. The zero-order valence-corrected chi connectivity index (χ0v) is 11.7. The van der Waals surface area contributed by atoms with Crippen LogP contribution in [0.25, 0.3) is 0 Å². The first kappa shape index (κ1) is 13.3. The van der Waals surface area contributed by atoms with Gasteiger partial charge < -0.3 is 19.7 Å². The summed E-state index contributed by atoms with van der Waals surface area (Å²) in [6, 6.07) is 0.462. The van der Waals surface area contributed by atoms with Gasteiger partial charge in [0.15, 0.2) is 0 Å². The molecule has 0 bridgehead atoms. The van der Waals surface area contributed by atoms with Gasteiger partial charge in [-0.3, -0.25) is 4.79 Å². The van der Waals surface area contributed by atoms with Gasteiger partial charge in [0.1, 0.15) is 6.61 Å². The molecule has 5 heteroatoms. The number of hydrogen-bond donors (Lipinski definition) is 1. The van der Waals surface area contributed by atoms with Gasteiger partial charge in [-0.2, -0.15) is 0 Å². The lowest BCUT2D eigenvalue weighted by molar-refractivity contribution is -0.147. The number of nitrogens with one attached hydrogen (secondary N) is 1. The molecule has 0 radical (unpaired) electrons. The molecule has 1 saturated carbocycles. The van der Waals surface area contributed by atoms with E-state index in [1.807, 2.05) is 4.90 Å². The maximum atomic E-state index is 12.3. The molecule has 108 valence electrons. The van der Waals surface area contributed by atoms with Crippen LogP contribution in [-0.4, -0.2) is 61.9 Å². The van der Waals surface area contributed by atoms with Crippen molar-refractivity contribution >= 4 is 5.91 Å². The second kappa shape index (κ2) is 5.38. The van der Waals surface area contributed by atoms with E-state index in [0.29, 0.717) is 12.0 Å². The largest absolute Gasteiger partial charge is 0.381 e. The average Bonchev–Trinajstić information content (AvgIpc) is 3.08. The first-order valence-corrected chi connectivity index (χ1v) is 7.38. The zero-order chi connectivity index (χ0) is 13.3. The maximum absolute atomic E-state index is 12.3. The fourth-order valence-corrected chi connectivity index (χ4v) is 2.74. The first-order valence-electron chi connectivity index (χ1n) is 7.38. The van der Waals surface area contributed by atoms with Gasteiger partial charge in [0.05, 0.1) is 12.2 Å². The number of hydrogen-bond acceptors (Lipinski definition) is 4. The number of carbonyl (C=O) groups is 1. The van der Waals surface area contributed by atoms with Crippen molar-refractivity contribution in [1.82, 2.24) is 10.2 Å². The van der Waals surface area contributed by atoms with Crippen LogP contribution >= 0.6 is 0 Å². The average molecular weight is 268 g/mol. The zero-order valence-electron chi connectivity index (χ0n) is 11.7. The van der Waals surface area contributed by atoms with Crippen LogP contribution in [0.3, 0.4) is 0 Å². The summed E-state index contributed by atoms with van der Waals surface area (Å²) in [4.78, 5) is 14.4. The predicted molar refractivity (Wildman–Crippen MR) is 70.9 cm³/mol. The van der Waals surface area contributed by atoms with E-state index >= 15 is 0 Å². The molecule has 0 aromatic carbocycles. The van der Waals surface area contributed by atoms with E-state index in [2.05, 4.69) is 12.2 Å². The lowest BCUT2D eigenvalue weighted by Crippen LogP contribution is -2.59. The second-order valence-electron chi connectivity index (χ2n) is 6.35. The summed E-state index contributed by atoms with van der Waals surface area (Å²) in [5.74, 6) is 0.674. The summed E-state index contributed by atoms with van der Waals surface area (Å²) in [6.07, 6.45) is 3.38. The Morgan fingerprint density at radius 2 is 2.21 bits per heavy atom. The predicted octanol–water partition coefficient (Wildman–Crippen LogP) is 0.392. The van der Waals surface area contributed by atoms with Crippen LogP contribution in [0.15, 0.2) is 0 Å². The van der Waals surface area contributed by atoms with Crippen molar-refractivity contribution in [2.75, 3.05) is 39.5 Å². The molecular weight excluding hydrogens is 244 g/mol. The summed E-state index contributed by atoms with van der Waals surface area (Å²) in [7, 11) is 0. The van der Waals surface area contributed by atoms with E-state index in [1.54, 1.807) is 0 Å². The molecule has 0 aromatic rings. The number of rotatable bonds is 6. The third-order valence-electron chi connectivity index (χ3n) is 4.33. The Morgan fingerprint density at radius 1 is 1.42 bits per heavy atom. The number of carbonyl (C=O) groups excluding carboxylic acids is 1. The molecule has 5 nitrogen and oxygen atoms in total. The van der Waals surface area contributed by atoms with Crippen LogP contribution < -0.4 is 5.32 Å². The van der Waals surface area contributed by atoms with E-state index in [1.165, 1.54) is 0 Å². The van der Waals surface area contributed by atoms with Crippen molar-refractivity contribution in [3.63, 3.8) is 0 Å². The Morgan fingerprint density at radius 3 is 2.74 bits per heavy atom. The summed E-state index contributed by atoms with van der Waals surface area (Å²) < 4.78 is 11.2. The number of nitrogens with zero attached hydrogens (tertiary/aromatic N) is 1. The summed E-state index contributed by atoms with van der Waals surface area (Å²) in [5, 5.41) is 3.18. The fraction of sp³-hybridized carbons (Fsp3) is 0.929. The van der Waals surface area contributed by atoms with Crippen LogP contribution in [0.4, 0.5) is 0 Å². The Labute approximate surface area is 114 Å². The molecule has 19 heavy (non-hydrogen) atoms. The lowest BCUT2D eigenvalue weighted by Gasteiger charge is -2.39. The molecule has 1 atom stereocenters. The third kappa shape index (κ3) is 3.27. The molecule has 1 amide bonds. The molecule has 3 aliphatic rings. The molecule has 3 fully saturated rings. The van der Waals surface area contributed by atoms with Crippen molar-refractivity contribution < 1.29 is 14.3 Å². The van der Waals surface area contributed by atoms with Crippen molar-refractivity contribution in [3.05, 3.63) is 0 Å². The van der Waals surface area contributed by atoms with Gasteiger partial charge in [0.25, 0.3) is 0 Å². The third-order valence-corrected chi connectivity index (χ3v) is 4.33. The number of ether oxygens (including phenoxy) is 2. The molecule has 2 saturated heterocycles. The lowest BCUT2D eigenvalue weighted by atomic mass is 10.0. The highest BCUT2D eigenvalue weighted by atomic mass is 16.5. The fourth-order valence-electron chi connectivity index (χ4n) is 2.74. The Bertz CT molecular complexity index is 334. The molecular formula is C14H24N2O3. The minimum atomic E-state index is -0.138. The highest BCUT2D eigenvalue weighted by Gasteiger charge is 2.37. The smallest absolute Gasteiger partial charge is 0.248 e. The molecule has 3 rings (SSSR count). The van der Waals surface area contributed by atoms with Crippen molar-refractivity contribution in [2.24, 2.45) is 5.92 Å².